The van der Waals surface area contributed by atoms with Crippen molar-refractivity contribution in [2.45, 2.75) is 12.3 Å². The van der Waals surface area contributed by atoms with Crippen LogP contribution in [0.5, 0.6) is 0 Å². The lowest BCUT2D eigenvalue weighted by molar-refractivity contribution is 0.0695. The minimum absolute atomic E-state index is 0.228. The first-order chi connectivity index (χ1) is 8.93. The summed E-state index contributed by atoms with van der Waals surface area (Å²) in [6.07, 6.45) is 0. The van der Waals surface area contributed by atoms with Crippen LogP contribution in [0.25, 0.3) is 0 Å². The van der Waals surface area contributed by atoms with Gasteiger partial charge in [-0.05, 0) is 25.1 Å². The molecule has 0 aliphatic carbocycles. The second-order valence-electron chi connectivity index (χ2n) is 4.69. The quantitative estimate of drug-likeness (QED) is 0.852. The van der Waals surface area contributed by atoms with Gasteiger partial charge in [0.2, 0.25) is 0 Å². The van der Waals surface area contributed by atoms with Gasteiger partial charge in [0, 0.05) is 16.1 Å². The third-order valence-electron chi connectivity index (χ3n) is 3.22. The van der Waals surface area contributed by atoms with Crippen molar-refractivity contribution in [1.82, 2.24) is 0 Å². The summed E-state index contributed by atoms with van der Waals surface area (Å²) in [4.78, 5) is 11.3. The van der Waals surface area contributed by atoms with Crippen molar-refractivity contribution in [2.75, 3.05) is 0 Å². The fourth-order valence-electron chi connectivity index (χ4n) is 2.12. The average Bonchev–Trinajstić information content (AvgIpc) is 2.39. The van der Waals surface area contributed by atoms with Gasteiger partial charge in [-0.1, -0.05) is 41.9 Å². The molecule has 2 nitrogen and oxygen atoms in total. The number of carbonyl (C=O) groups is 1. The third-order valence-corrected chi connectivity index (χ3v) is 3.45. The molecule has 1 atom stereocenters. The first kappa shape index (κ1) is 13.5. The van der Waals surface area contributed by atoms with Crippen molar-refractivity contribution in [3.63, 3.8) is 0 Å². The summed E-state index contributed by atoms with van der Waals surface area (Å²) in [6, 6.07) is 14.4. The van der Waals surface area contributed by atoms with Gasteiger partial charge in [-0.15, -0.1) is 0 Å². The molecule has 1 unspecified atom stereocenters. The van der Waals surface area contributed by atoms with Crippen molar-refractivity contribution in [3.8, 4) is 0 Å². The molecule has 0 radical (unpaired) electrons. The highest BCUT2D eigenvalue weighted by molar-refractivity contribution is 6.30. The normalized spacial score (nSPS) is 13.8. The van der Waals surface area contributed by atoms with Crippen LogP contribution in [-0.4, -0.2) is 11.1 Å². The van der Waals surface area contributed by atoms with Gasteiger partial charge in [-0.25, -0.2) is 4.79 Å². The highest BCUT2D eigenvalue weighted by Crippen LogP contribution is 2.34. The number of carboxylic acids is 1. The van der Waals surface area contributed by atoms with Crippen LogP contribution in [0, 0.1) is 6.92 Å². The van der Waals surface area contributed by atoms with E-state index in [2.05, 4.69) is 6.92 Å². The second-order valence-corrected chi connectivity index (χ2v) is 5.13. The van der Waals surface area contributed by atoms with Crippen molar-refractivity contribution >= 4 is 17.6 Å². The Morgan fingerprint density at radius 2 is 1.84 bits per heavy atom. The maximum Gasteiger partial charge on any atom is 0.336 e. The van der Waals surface area contributed by atoms with E-state index in [0.717, 1.165) is 5.56 Å². The van der Waals surface area contributed by atoms with Crippen LogP contribution in [0.4, 0.5) is 0 Å². The molecule has 3 heteroatoms. The molecule has 0 fully saturated rings. The maximum absolute atomic E-state index is 11.3. The Morgan fingerprint density at radius 1 is 1.21 bits per heavy atom. The van der Waals surface area contributed by atoms with E-state index in [-0.39, 0.29) is 5.56 Å². The van der Waals surface area contributed by atoms with E-state index in [1.165, 1.54) is 6.07 Å². The molecule has 0 saturated carbocycles. The molecule has 1 N–H and O–H groups in total. The molecule has 2 aromatic rings. The molecule has 96 valence electrons. The van der Waals surface area contributed by atoms with Crippen LogP contribution in [0.2, 0.25) is 5.02 Å². The van der Waals surface area contributed by atoms with Gasteiger partial charge in [0.1, 0.15) is 0 Å². The van der Waals surface area contributed by atoms with Crippen molar-refractivity contribution < 1.29 is 9.90 Å². The van der Waals surface area contributed by atoms with Gasteiger partial charge in [0.25, 0.3) is 0 Å². The zero-order chi connectivity index (χ0) is 14.0. The Hall–Kier alpha value is -1.93. The lowest BCUT2D eigenvalue weighted by Crippen LogP contribution is -2.22. The second kappa shape index (κ2) is 4.98. The largest absolute Gasteiger partial charge is 0.478 e. The van der Waals surface area contributed by atoms with Crippen LogP contribution in [0.15, 0.2) is 48.5 Å². The van der Waals surface area contributed by atoms with E-state index in [4.69, 9.17) is 11.6 Å². The van der Waals surface area contributed by atoms with Gasteiger partial charge in [-0.3, -0.25) is 0 Å². The predicted octanol–water partition coefficient (Wildman–Crippen LogP) is 4.18. The minimum Gasteiger partial charge on any atom is -0.478 e. The molecular weight excluding hydrogens is 260 g/mol. The Kier molecular flexibility index (Phi) is 3.54. The number of rotatable bonds is 3. The zero-order valence-electron chi connectivity index (χ0n) is 10.6. The molecule has 0 spiro atoms. The number of benzene rings is 2. The van der Waals surface area contributed by atoms with E-state index in [1.54, 1.807) is 12.1 Å². The van der Waals surface area contributed by atoms with E-state index < -0.39 is 11.4 Å². The van der Waals surface area contributed by atoms with E-state index >= 15 is 0 Å². The molecule has 2 rings (SSSR count). The van der Waals surface area contributed by atoms with E-state index in [1.807, 2.05) is 37.3 Å². The number of aromatic carboxylic acids is 1. The number of hydrogen-bond acceptors (Lipinski definition) is 1. The SMILES string of the molecule is [CH2+]C(C)(c1ccccc1)c1cc(Cl)ccc1C(=O)O. The van der Waals surface area contributed by atoms with Gasteiger partial charge < -0.3 is 5.11 Å². The summed E-state index contributed by atoms with van der Waals surface area (Å²) in [6.45, 7) is 6.06. The Labute approximate surface area is 117 Å². The summed E-state index contributed by atoms with van der Waals surface area (Å²) < 4.78 is 0. The first-order valence-corrected chi connectivity index (χ1v) is 6.25. The molecule has 0 aromatic heterocycles. The van der Waals surface area contributed by atoms with Gasteiger partial charge >= 0.3 is 5.97 Å². The van der Waals surface area contributed by atoms with Crippen LogP contribution in [0.1, 0.15) is 28.4 Å². The first-order valence-electron chi connectivity index (χ1n) is 5.87. The van der Waals surface area contributed by atoms with Gasteiger partial charge in [-0.2, -0.15) is 0 Å². The van der Waals surface area contributed by atoms with Gasteiger partial charge in [0.15, 0.2) is 5.41 Å². The third kappa shape index (κ3) is 2.59. The molecule has 0 aliphatic heterocycles. The Bertz CT molecular complexity index is 603. The van der Waals surface area contributed by atoms with Gasteiger partial charge in [0.05, 0.1) is 12.5 Å². The topological polar surface area (TPSA) is 37.3 Å². The van der Waals surface area contributed by atoms with E-state index in [0.29, 0.717) is 10.6 Å². The van der Waals surface area contributed by atoms with E-state index in [9.17, 15) is 9.90 Å². The molecule has 0 amide bonds. The monoisotopic (exact) mass is 273 g/mol. The highest BCUT2D eigenvalue weighted by Gasteiger charge is 2.34. The molecule has 19 heavy (non-hydrogen) atoms. The summed E-state index contributed by atoms with van der Waals surface area (Å²) in [5.74, 6) is -0.975. The van der Waals surface area contributed by atoms with Crippen molar-refractivity contribution in [3.05, 3.63) is 77.2 Å². The minimum atomic E-state index is -0.975. The molecular formula is C16H14ClO2+. The van der Waals surface area contributed by atoms with Crippen LogP contribution in [0.3, 0.4) is 0 Å². The van der Waals surface area contributed by atoms with Crippen LogP contribution < -0.4 is 0 Å². The molecule has 0 aliphatic rings. The molecule has 0 saturated heterocycles. The maximum atomic E-state index is 11.3. The fourth-order valence-corrected chi connectivity index (χ4v) is 2.29. The molecule has 0 heterocycles. The Morgan fingerprint density at radius 3 is 2.42 bits per heavy atom. The lowest BCUT2D eigenvalue weighted by atomic mass is 9.76. The van der Waals surface area contributed by atoms with Crippen LogP contribution >= 0.6 is 11.6 Å². The summed E-state index contributed by atoms with van der Waals surface area (Å²) in [7, 11) is 0. The zero-order valence-corrected chi connectivity index (χ0v) is 11.3. The molecule has 2 aromatic carbocycles. The smallest absolute Gasteiger partial charge is 0.336 e. The number of carboxylic acid groups (broad SMARTS) is 1. The number of halogens is 1. The average molecular weight is 274 g/mol. The summed E-state index contributed by atoms with van der Waals surface area (Å²) in [5.41, 5.74) is 1.11. The van der Waals surface area contributed by atoms with Crippen molar-refractivity contribution in [1.29, 1.82) is 0 Å². The van der Waals surface area contributed by atoms with Crippen molar-refractivity contribution in [2.24, 2.45) is 0 Å². The lowest BCUT2D eigenvalue weighted by Gasteiger charge is -2.21. The number of hydrogen-bond donors (Lipinski definition) is 1. The fraction of sp³-hybridized carbons (Fsp3) is 0.125. The standard InChI is InChI=1S/C16H13ClO2/c1-16(2,11-6-4-3-5-7-11)14-10-12(17)8-9-13(14)15(18)19/h3-10H,1H2,2H3/p+1. The molecule has 0 bridgehead atoms. The summed E-state index contributed by atoms with van der Waals surface area (Å²) >= 11 is 5.99. The highest BCUT2D eigenvalue weighted by atomic mass is 35.5. The predicted molar refractivity (Wildman–Crippen MR) is 76.7 cm³/mol. The van der Waals surface area contributed by atoms with Crippen LogP contribution in [-0.2, 0) is 5.41 Å². The summed E-state index contributed by atoms with van der Waals surface area (Å²) in [5, 5.41) is 9.80. The Balaban J connectivity index is 2.63.